The van der Waals surface area contributed by atoms with Crippen LogP contribution in [0.1, 0.15) is 12.8 Å². The van der Waals surface area contributed by atoms with E-state index >= 15 is 0 Å². The molecule has 180 valence electrons. The van der Waals surface area contributed by atoms with Gasteiger partial charge in [-0.25, -0.2) is 14.4 Å². The third kappa shape index (κ3) is 5.00. The first-order chi connectivity index (χ1) is 16.4. The number of hydrogen-bond donors (Lipinski definition) is 2. The molecular formula is C24H28ClFN6O2. The van der Waals surface area contributed by atoms with Crippen molar-refractivity contribution in [3.8, 4) is 5.75 Å². The Kier molecular flexibility index (Phi) is 7.33. The number of anilines is 3. The largest absolute Gasteiger partial charge is 0.495 e. The van der Waals surface area contributed by atoms with Gasteiger partial charge < -0.3 is 20.3 Å². The van der Waals surface area contributed by atoms with Crippen LogP contribution in [0.15, 0.2) is 36.7 Å². The Bertz CT molecular complexity index is 1190. The summed E-state index contributed by atoms with van der Waals surface area (Å²) in [5.74, 6) is 0.662. The number of methoxy groups -OCH3 is 1. The number of nitrogens with zero attached hydrogens (tertiary/aromatic N) is 4. The lowest BCUT2D eigenvalue weighted by Crippen LogP contribution is -2.46. The van der Waals surface area contributed by atoms with Crippen molar-refractivity contribution in [2.75, 3.05) is 51.1 Å². The van der Waals surface area contributed by atoms with Crippen molar-refractivity contribution in [3.05, 3.63) is 47.5 Å². The Labute approximate surface area is 203 Å². The van der Waals surface area contributed by atoms with E-state index in [1.807, 2.05) is 19.2 Å². The minimum absolute atomic E-state index is 0.0270. The van der Waals surface area contributed by atoms with Crippen LogP contribution in [0.4, 0.5) is 21.6 Å². The molecular weight excluding hydrogens is 459 g/mol. The second kappa shape index (κ2) is 10.4. The summed E-state index contributed by atoms with van der Waals surface area (Å²) in [6.45, 7) is 2.09. The van der Waals surface area contributed by atoms with Gasteiger partial charge in [0.05, 0.1) is 35.6 Å². The average molecular weight is 487 g/mol. The van der Waals surface area contributed by atoms with Gasteiger partial charge in [-0.15, -0.1) is 0 Å². The highest BCUT2D eigenvalue weighted by molar-refractivity contribution is 6.31. The molecule has 0 aliphatic carbocycles. The van der Waals surface area contributed by atoms with E-state index in [0.29, 0.717) is 23.6 Å². The molecule has 0 bridgehead atoms. The number of benzene rings is 2. The highest BCUT2D eigenvalue weighted by atomic mass is 35.5. The van der Waals surface area contributed by atoms with Gasteiger partial charge in [-0.3, -0.25) is 9.69 Å². The third-order valence-electron chi connectivity index (χ3n) is 6.27. The predicted octanol–water partition coefficient (Wildman–Crippen LogP) is 3.82. The Hall–Kier alpha value is -3.17. The Morgan fingerprint density at radius 2 is 2.06 bits per heavy atom. The zero-order valence-electron chi connectivity index (χ0n) is 19.4. The van der Waals surface area contributed by atoms with E-state index < -0.39 is 5.82 Å². The van der Waals surface area contributed by atoms with Crippen molar-refractivity contribution in [3.63, 3.8) is 0 Å². The molecule has 10 heteroatoms. The molecule has 8 nitrogen and oxygen atoms in total. The first kappa shape index (κ1) is 24.0. The monoisotopic (exact) mass is 486 g/mol. The maximum atomic E-state index is 14.5. The topological polar surface area (TPSA) is 82.6 Å². The van der Waals surface area contributed by atoms with Crippen LogP contribution in [0.3, 0.4) is 0 Å². The van der Waals surface area contributed by atoms with Crippen LogP contribution in [0.25, 0.3) is 10.9 Å². The first-order valence-corrected chi connectivity index (χ1v) is 11.5. The van der Waals surface area contributed by atoms with Gasteiger partial charge in [0.2, 0.25) is 5.91 Å². The van der Waals surface area contributed by atoms with E-state index in [9.17, 15) is 9.18 Å². The summed E-state index contributed by atoms with van der Waals surface area (Å²) in [5, 5.41) is 6.50. The van der Waals surface area contributed by atoms with Gasteiger partial charge in [-0.05, 0) is 31.0 Å². The molecule has 1 saturated heterocycles. The molecule has 2 heterocycles. The molecule has 0 saturated carbocycles. The molecule has 0 unspecified atom stereocenters. The Morgan fingerprint density at radius 3 is 2.76 bits per heavy atom. The fraction of sp³-hybridized carbons (Fsp3) is 0.375. The molecule has 1 aliphatic rings. The number of fused-ring (bicyclic) bond motifs is 1. The summed E-state index contributed by atoms with van der Waals surface area (Å²) in [4.78, 5) is 24.8. The molecule has 1 aliphatic heterocycles. The van der Waals surface area contributed by atoms with Gasteiger partial charge in [0.25, 0.3) is 0 Å². The van der Waals surface area contributed by atoms with Crippen molar-refractivity contribution >= 4 is 45.6 Å². The number of likely N-dealkylation sites (N-methyl/N-ethyl adjacent to an activating group) is 1. The summed E-state index contributed by atoms with van der Waals surface area (Å²) < 4.78 is 20.2. The van der Waals surface area contributed by atoms with E-state index in [1.165, 1.54) is 12.4 Å². The van der Waals surface area contributed by atoms with Gasteiger partial charge in [0, 0.05) is 44.7 Å². The van der Waals surface area contributed by atoms with Crippen LogP contribution in [0, 0.1) is 5.82 Å². The number of halogens is 2. The molecule has 3 aromatic rings. The smallest absolute Gasteiger partial charge is 0.233 e. The molecule has 1 amide bonds. The summed E-state index contributed by atoms with van der Waals surface area (Å²) in [5.41, 5.74) is 1.81. The van der Waals surface area contributed by atoms with Gasteiger partial charge >= 0.3 is 0 Å². The van der Waals surface area contributed by atoms with Gasteiger partial charge in [0.1, 0.15) is 17.9 Å². The summed E-state index contributed by atoms with van der Waals surface area (Å²) in [6, 6.07) is 8.89. The second-order valence-electron chi connectivity index (χ2n) is 8.28. The average Bonchev–Trinajstić information content (AvgIpc) is 2.86. The maximum Gasteiger partial charge on any atom is 0.233 e. The minimum Gasteiger partial charge on any atom is -0.495 e. The van der Waals surface area contributed by atoms with Crippen LogP contribution in [-0.2, 0) is 4.79 Å². The molecule has 1 aromatic heterocycles. The van der Waals surface area contributed by atoms with Crippen LogP contribution in [0.2, 0.25) is 5.02 Å². The minimum atomic E-state index is -0.537. The van der Waals surface area contributed by atoms with E-state index in [0.717, 1.165) is 37.0 Å². The summed E-state index contributed by atoms with van der Waals surface area (Å²) in [6.07, 6.45) is 3.26. The molecule has 1 fully saturated rings. The van der Waals surface area contributed by atoms with E-state index in [2.05, 4.69) is 30.4 Å². The number of likely N-dealkylation sites (tertiary alicyclic amines) is 1. The normalized spacial score (nSPS) is 14.7. The van der Waals surface area contributed by atoms with Crippen molar-refractivity contribution in [2.45, 2.75) is 18.9 Å². The molecule has 0 atom stereocenters. The van der Waals surface area contributed by atoms with Crippen LogP contribution < -0.4 is 20.3 Å². The maximum absolute atomic E-state index is 14.5. The SMILES string of the molecule is CNC(=O)CN1CCC(N(C)c2cc3c(Nc4cccc(Cl)c4F)ncnc3cc2OC)CC1. The molecule has 0 spiro atoms. The van der Waals surface area contributed by atoms with Gasteiger partial charge in [-0.2, -0.15) is 0 Å². The van der Waals surface area contributed by atoms with Gasteiger partial charge in [-0.1, -0.05) is 17.7 Å². The zero-order chi connectivity index (χ0) is 24.2. The number of carbonyl (C=O) groups is 1. The standard InChI is InChI=1S/C24H28ClFN6O2/c1-27-22(33)13-32-9-7-15(8-10-32)31(2)20-11-16-19(12-21(20)34-3)28-14-29-24(16)30-18-6-4-5-17(25)23(18)26/h4-6,11-12,14-15H,7-10,13H2,1-3H3,(H,27,33)(H,28,29,30). The number of amides is 1. The second-order valence-corrected chi connectivity index (χ2v) is 8.69. The van der Waals surface area contributed by atoms with Crippen molar-refractivity contribution in [1.29, 1.82) is 0 Å². The van der Waals surface area contributed by atoms with Crippen molar-refractivity contribution < 1.29 is 13.9 Å². The number of hydrogen-bond acceptors (Lipinski definition) is 7. The predicted molar refractivity (Wildman–Crippen MR) is 133 cm³/mol. The van der Waals surface area contributed by atoms with Crippen molar-refractivity contribution in [2.24, 2.45) is 0 Å². The zero-order valence-corrected chi connectivity index (χ0v) is 20.2. The molecule has 2 N–H and O–H groups in total. The molecule has 4 rings (SSSR count). The van der Waals surface area contributed by atoms with Crippen LogP contribution in [0.5, 0.6) is 5.75 Å². The third-order valence-corrected chi connectivity index (χ3v) is 6.56. The van der Waals surface area contributed by atoms with Crippen molar-refractivity contribution in [1.82, 2.24) is 20.2 Å². The number of carbonyl (C=O) groups excluding carboxylic acids is 1. The lowest BCUT2D eigenvalue weighted by atomic mass is 10.0. The van der Waals surface area contributed by atoms with E-state index in [1.54, 1.807) is 26.3 Å². The van der Waals surface area contributed by atoms with Crippen LogP contribution >= 0.6 is 11.6 Å². The number of piperidine rings is 1. The summed E-state index contributed by atoms with van der Waals surface area (Å²) in [7, 11) is 5.32. The summed E-state index contributed by atoms with van der Waals surface area (Å²) >= 11 is 5.94. The molecule has 2 aromatic carbocycles. The lowest BCUT2D eigenvalue weighted by molar-refractivity contribution is -0.122. The fourth-order valence-corrected chi connectivity index (χ4v) is 4.46. The Morgan fingerprint density at radius 1 is 1.29 bits per heavy atom. The fourth-order valence-electron chi connectivity index (χ4n) is 4.28. The van der Waals surface area contributed by atoms with E-state index in [-0.39, 0.29) is 22.7 Å². The number of ether oxygens (including phenoxy) is 1. The molecule has 34 heavy (non-hydrogen) atoms. The Balaban J connectivity index is 1.62. The highest BCUT2D eigenvalue weighted by Crippen LogP contribution is 2.37. The number of aromatic nitrogens is 2. The highest BCUT2D eigenvalue weighted by Gasteiger charge is 2.26. The van der Waals surface area contributed by atoms with Gasteiger partial charge in [0.15, 0.2) is 5.82 Å². The van der Waals surface area contributed by atoms with Crippen LogP contribution in [-0.4, -0.2) is 67.7 Å². The molecule has 0 radical (unpaired) electrons. The lowest BCUT2D eigenvalue weighted by Gasteiger charge is -2.38. The quantitative estimate of drug-likeness (QED) is 0.525. The number of nitrogens with one attached hydrogen (secondary N) is 2. The number of rotatable bonds is 7. The first-order valence-electron chi connectivity index (χ1n) is 11.1. The van der Waals surface area contributed by atoms with E-state index in [4.69, 9.17) is 16.3 Å².